The second-order valence-corrected chi connectivity index (χ2v) is 23.6. The first-order chi connectivity index (χ1) is 21.0. The van der Waals surface area contributed by atoms with Gasteiger partial charge in [-0.25, -0.2) is 15.0 Å². The van der Waals surface area contributed by atoms with E-state index in [-0.39, 0.29) is 0 Å². The van der Waals surface area contributed by atoms with Crippen LogP contribution in [0.4, 0.5) is 0 Å². The fraction of sp³-hybridized carbons (Fsp3) is 0.154. The molecule has 0 N–H and O–H groups in total. The van der Waals surface area contributed by atoms with Crippen LogP contribution in [0.3, 0.4) is 0 Å². The van der Waals surface area contributed by atoms with E-state index < -0.39 is 16.1 Å². The molecule has 0 spiro atoms. The summed E-state index contributed by atoms with van der Waals surface area (Å²) in [6, 6.07) is 45.4. The third-order valence-electron chi connectivity index (χ3n) is 8.10. The third-order valence-corrected chi connectivity index (χ3v) is 12.2. The van der Waals surface area contributed by atoms with E-state index in [4.69, 9.17) is 15.0 Å². The molecule has 6 aromatic rings. The first-order valence-corrected chi connectivity index (χ1v) is 22.3. The molecule has 1 aromatic heterocycles. The summed E-state index contributed by atoms with van der Waals surface area (Å²) in [5, 5.41) is 2.84. The van der Waals surface area contributed by atoms with Crippen LogP contribution in [-0.2, 0) is 0 Å². The minimum absolute atomic E-state index is 0.679. The van der Waals surface area contributed by atoms with Gasteiger partial charge >= 0.3 is 0 Å². The molecular weight excluding hydrogens is 567 g/mol. The number of aromatic nitrogens is 3. The average molecular weight is 606 g/mol. The number of hydrogen-bond donors (Lipinski definition) is 0. The average Bonchev–Trinajstić information content (AvgIpc) is 3.04. The Morgan fingerprint density at radius 3 is 1.02 bits per heavy atom. The molecule has 6 rings (SSSR count). The molecule has 5 heteroatoms. The van der Waals surface area contributed by atoms with Crippen molar-refractivity contribution in [1.29, 1.82) is 0 Å². The van der Waals surface area contributed by atoms with Crippen molar-refractivity contribution in [3.63, 3.8) is 0 Å². The molecule has 0 aliphatic carbocycles. The zero-order chi connectivity index (χ0) is 30.9. The molecule has 0 amide bonds. The van der Waals surface area contributed by atoms with E-state index in [0.717, 1.165) is 22.3 Å². The molecule has 44 heavy (non-hydrogen) atoms. The topological polar surface area (TPSA) is 38.7 Å². The summed E-state index contributed by atoms with van der Waals surface area (Å²) in [4.78, 5) is 15.0. The lowest BCUT2D eigenvalue weighted by molar-refractivity contribution is 1.07. The van der Waals surface area contributed by atoms with Gasteiger partial charge in [-0.15, -0.1) is 0 Å². The Morgan fingerprint density at radius 1 is 0.318 bits per heavy atom. The molecule has 3 nitrogen and oxygen atoms in total. The van der Waals surface area contributed by atoms with Crippen LogP contribution in [0.25, 0.3) is 56.4 Å². The van der Waals surface area contributed by atoms with E-state index in [1.807, 2.05) is 0 Å². The molecule has 0 saturated heterocycles. The highest BCUT2D eigenvalue weighted by atomic mass is 28.3. The summed E-state index contributed by atoms with van der Waals surface area (Å²) in [7, 11) is -2.82. The van der Waals surface area contributed by atoms with Crippen molar-refractivity contribution in [3.8, 4) is 56.4 Å². The number of nitrogens with zero attached hydrogens (tertiary/aromatic N) is 3. The molecule has 0 bridgehead atoms. The van der Waals surface area contributed by atoms with Gasteiger partial charge in [-0.1, -0.05) is 171 Å². The maximum atomic E-state index is 5.00. The Hall–Kier alpha value is -4.46. The molecule has 0 unspecified atom stereocenters. The van der Waals surface area contributed by atoms with Gasteiger partial charge in [0.25, 0.3) is 0 Å². The maximum Gasteiger partial charge on any atom is 0.164 e. The predicted octanol–water partition coefficient (Wildman–Crippen LogP) is 9.30. The Morgan fingerprint density at radius 2 is 0.636 bits per heavy atom. The third kappa shape index (κ3) is 6.54. The molecule has 1 heterocycles. The molecule has 0 radical (unpaired) electrons. The Bertz CT molecular complexity index is 1810. The fourth-order valence-corrected chi connectivity index (χ4v) is 7.66. The van der Waals surface area contributed by atoms with Crippen molar-refractivity contribution in [2.24, 2.45) is 0 Å². The van der Waals surface area contributed by atoms with Crippen molar-refractivity contribution in [3.05, 3.63) is 127 Å². The largest absolute Gasteiger partial charge is 0.208 e. The van der Waals surface area contributed by atoms with Crippen LogP contribution in [0.1, 0.15) is 0 Å². The van der Waals surface area contributed by atoms with Gasteiger partial charge < -0.3 is 0 Å². The van der Waals surface area contributed by atoms with E-state index in [1.54, 1.807) is 0 Å². The Balaban J connectivity index is 1.39. The number of benzene rings is 5. The number of rotatable bonds is 7. The molecule has 0 fully saturated rings. The highest BCUT2D eigenvalue weighted by molar-refractivity contribution is 6.89. The summed E-state index contributed by atoms with van der Waals surface area (Å²) in [5.41, 5.74) is 7.74. The summed E-state index contributed by atoms with van der Waals surface area (Å²) in [5.74, 6) is 2.07. The van der Waals surface area contributed by atoms with Gasteiger partial charge in [-0.2, -0.15) is 0 Å². The monoisotopic (exact) mass is 605 g/mol. The normalized spacial score (nSPS) is 11.9. The summed E-state index contributed by atoms with van der Waals surface area (Å²) >= 11 is 0. The molecule has 5 aromatic carbocycles. The van der Waals surface area contributed by atoms with E-state index in [2.05, 4.69) is 167 Å². The van der Waals surface area contributed by atoms with Crippen LogP contribution in [0.5, 0.6) is 0 Å². The van der Waals surface area contributed by atoms with Gasteiger partial charge in [-0.3, -0.25) is 0 Å². The van der Waals surface area contributed by atoms with Gasteiger partial charge in [0.15, 0.2) is 17.5 Å². The van der Waals surface area contributed by atoms with Gasteiger partial charge in [-0.05, 0) is 28.3 Å². The predicted molar refractivity (Wildman–Crippen MR) is 193 cm³/mol. The first kappa shape index (κ1) is 29.6. The minimum Gasteiger partial charge on any atom is -0.208 e. The van der Waals surface area contributed by atoms with Crippen molar-refractivity contribution in [2.45, 2.75) is 39.3 Å². The number of hydrogen-bond acceptors (Lipinski definition) is 3. The van der Waals surface area contributed by atoms with Crippen molar-refractivity contribution in [1.82, 2.24) is 15.0 Å². The van der Waals surface area contributed by atoms with Gasteiger partial charge in [0.1, 0.15) is 0 Å². The lowest BCUT2D eigenvalue weighted by Crippen LogP contribution is -2.37. The van der Waals surface area contributed by atoms with Crippen molar-refractivity contribution >= 4 is 26.5 Å². The van der Waals surface area contributed by atoms with E-state index in [1.165, 1.54) is 27.1 Å². The quantitative estimate of drug-likeness (QED) is 0.170. The Kier molecular flexibility index (Phi) is 8.01. The smallest absolute Gasteiger partial charge is 0.164 e. The Labute approximate surface area is 263 Å². The van der Waals surface area contributed by atoms with E-state index in [0.29, 0.717) is 17.5 Å². The second-order valence-electron chi connectivity index (χ2n) is 13.5. The van der Waals surface area contributed by atoms with Crippen molar-refractivity contribution in [2.75, 3.05) is 0 Å². The lowest BCUT2D eigenvalue weighted by Gasteiger charge is -2.17. The lowest BCUT2D eigenvalue weighted by atomic mass is 9.98. The highest BCUT2D eigenvalue weighted by Crippen LogP contribution is 2.29. The van der Waals surface area contributed by atoms with Crippen molar-refractivity contribution < 1.29 is 0 Å². The van der Waals surface area contributed by atoms with Crippen LogP contribution >= 0.6 is 0 Å². The van der Waals surface area contributed by atoms with E-state index >= 15 is 0 Å². The van der Waals surface area contributed by atoms with Crippen LogP contribution in [0, 0.1) is 0 Å². The molecule has 0 aliphatic heterocycles. The van der Waals surface area contributed by atoms with Crippen LogP contribution in [0.2, 0.25) is 39.3 Å². The standard InChI is InChI=1S/C39H39N3Si2/c1-43(2,3)35-23-19-31(20-24-35)38-40-37(41-39(42-38)32-21-25-36(26-22-32)44(4,5)6)30-17-15-29(16-18-30)34-14-10-13-33(27-34)28-11-8-7-9-12-28/h7-27H,1-6H3. The molecule has 0 aliphatic rings. The highest BCUT2D eigenvalue weighted by Gasteiger charge is 2.19. The zero-order valence-corrected chi connectivity index (χ0v) is 28.5. The van der Waals surface area contributed by atoms with Crippen LogP contribution < -0.4 is 10.4 Å². The molecule has 0 saturated carbocycles. The van der Waals surface area contributed by atoms with Crippen LogP contribution in [-0.4, -0.2) is 31.1 Å². The fourth-order valence-electron chi connectivity index (χ4n) is 5.32. The van der Waals surface area contributed by atoms with Gasteiger partial charge in [0.2, 0.25) is 0 Å². The summed E-state index contributed by atoms with van der Waals surface area (Å²) in [6.45, 7) is 14.2. The minimum atomic E-state index is -1.41. The molecule has 218 valence electrons. The SMILES string of the molecule is C[Si](C)(C)c1ccc(-c2nc(-c3ccc(-c4cccc(-c5ccccc5)c4)cc3)nc(-c3ccc([Si](C)(C)C)cc3)n2)cc1. The summed E-state index contributed by atoms with van der Waals surface area (Å²) < 4.78 is 0. The second kappa shape index (κ2) is 11.9. The zero-order valence-electron chi connectivity index (χ0n) is 26.5. The van der Waals surface area contributed by atoms with Crippen LogP contribution in [0.15, 0.2) is 127 Å². The molecule has 0 atom stereocenters. The summed E-state index contributed by atoms with van der Waals surface area (Å²) in [6.07, 6.45) is 0. The molecular formula is C39H39N3Si2. The van der Waals surface area contributed by atoms with Gasteiger partial charge in [0, 0.05) is 16.7 Å². The van der Waals surface area contributed by atoms with Gasteiger partial charge in [0.05, 0.1) is 16.1 Å². The first-order valence-electron chi connectivity index (χ1n) is 15.3. The van der Waals surface area contributed by atoms with E-state index in [9.17, 15) is 0 Å². The maximum absolute atomic E-state index is 5.00.